The number of nitrogens with zero attached hydrogens (tertiary/aromatic N) is 1. The van der Waals surface area contributed by atoms with Crippen LogP contribution in [0.25, 0.3) is 5.76 Å². The first-order chi connectivity index (χ1) is 17.4. The molecule has 186 valence electrons. The Morgan fingerprint density at radius 2 is 1.58 bits per heavy atom. The molecule has 1 aliphatic heterocycles. The lowest BCUT2D eigenvalue weighted by Crippen LogP contribution is -2.31. The number of carbonyl (C=O) groups excluding carboxylic acids is 2. The molecule has 1 saturated heterocycles. The fourth-order valence-electron chi connectivity index (χ4n) is 4.52. The first-order valence-corrected chi connectivity index (χ1v) is 11.6. The predicted octanol–water partition coefficient (Wildman–Crippen LogP) is 4.69. The van der Waals surface area contributed by atoms with Crippen molar-refractivity contribution >= 4 is 17.4 Å². The molecule has 1 N–H and O–H groups in total. The zero-order valence-corrected chi connectivity index (χ0v) is 20.8. The SMILES string of the molecule is COc1ccc(CCN2C(=O)C(=O)/C(=C(/O)c3cc(C)ccc3OC)C2c2ccccc2OC)cc1. The number of Topliss-reactive ketones (excluding diaryl/α,β-unsaturated/α-hetero) is 1. The molecule has 1 amide bonds. The summed E-state index contributed by atoms with van der Waals surface area (Å²) in [7, 11) is 4.63. The van der Waals surface area contributed by atoms with Crippen LogP contribution in [0.5, 0.6) is 17.2 Å². The van der Waals surface area contributed by atoms with E-state index in [2.05, 4.69) is 0 Å². The lowest BCUT2D eigenvalue weighted by atomic mass is 9.93. The Hall–Kier alpha value is -4.26. The molecule has 0 aromatic heterocycles. The van der Waals surface area contributed by atoms with Gasteiger partial charge in [0.2, 0.25) is 0 Å². The molecule has 1 unspecified atom stereocenters. The van der Waals surface area contributed by atoms with Gasteiger partial charge in [-0.2, -0.15) is 0 Å². The molecule has 1 heterocycles. The Kier molecular flexibility index (Phi) is 7.29. The summed E-state index contributed by atoms with van der Waals surface area (Å²) in [5.41, 5.74) is 2.83. The molecule has 0 radical (unpaired) electrons. The van der Waals surface area contributed by atoms with Gasteiger partial charge in [0.25, 0.3) is 11.7 Å². The first-order valence-electron chi connectivity index (χ1n) is 11.6. The van der Waals surface area contributed by atoms with Crippen LogP contribution in [0.15, 0.2) is 72.3 Å². The van der Waals surface area contributed by atoms with Gasteiger partial charge in [0.1, 0.15) is 23.0 Å². The van der Waals surface area contributed by atoms with Gasteiger partial charge in [-0.05, 0) is 49.2 Å². The topological polar surface area (TPSA) is 85.3 Å². The number of hydrogen-bond acceptors (Lipinski definition) is 6. The third-order valence-corrected chi connectivity index (χ3v) is 6.38. The monoisotopic (exact) mass is 487 g/mol. The van der Waals surface area contributed by atoms with Crippen LogP contribution in [0.3, 0.4) is 0 Å². The molecule has 1 aliphatic rings. The highest BCUT2D eigenvalue weighted by Crippen LogP contribution is 2.43. The summed E-state index contributed by atoms with van der Waals surface area (Å²) in [4.78, 5) is 28.2. The van der Waals surface area contributed by atoms with E-state index in [1.807, 2.05) is 49.4 Å². The second kappa shape index (κ2) is 10.6. The summed E-state index contributed by atoms with van der Waals surface area (Å²) in [6.45, 7) is 2.14. The minimum absolute atomic E-state index is 0.00290. The molecule has 36 heavy (non-hydrogen) atoms. The van der Waals surface area contributed by atoms with Gasteiger partial charge < -0.3 is 24.2 Å². The second-order valence-corrected chi connectivity index (χ2v) is 8.54. The van der Waals surface area contributed by atoms with Crippen molar-refractivity contribution < 1.29 is 28.9 Å². The van der Waals surface area contributed by atoms with Crippen molar-refractivity contribution in [2.45, 2.75) is 19.4 Å². The fraction of sp³-hybridized carbons (Fsp3) is 0.241. The predicted molar refractivity (Wildman–Crippen MR) is 136 cm³/mol. The number of ketones is 1. The third kappa shape index (κ3) is 4.64. The van der Waals surface area contributed by atoms with E-state index in [1.54, 1.807) is 31.4 Å². The van der Waals surface area contributed by atoms with Crippen LogP contribution in [0.2, 0.25) is 0 Å². The highest BCUT2D eigenvalue weighted by molar-refractivity contribution is 6.46. The quantitative estimate of drug-likeness (QED) is 0.282. The van der Waals surface area contributed by atoms with Gasteiger partial charge in [-0.3, -0.25) is 9.59 Å². The number of benzene rings is 3. The number of aliphatic hydroxyl groups excluding tert-OH is 1. The highest BCUT2D eigenvalue weighted by Gasteiger charge is 2.47. The van der Waals surface area contributed by atoms with E-state index in [9.17, 15) is 14.7 Å². The largest absolute Gasteiger partial charge is 0.507 e. The molecule has 7 nitrogen and oxygen atoms in total. The van der Waals surface area contributed by atoms with Crippen LogP contribution < -0.4 is 14.2 Å². The summed E-state index contributed by atoms with van der Waals surface area (Å²) < 4.78 is 16.2. The molecule has 1 fully saturated rings. The van der Waals surface area contributed by atoms with Crippen LogP contribution in [-0.4, -0.2) is 49.6 Å². The van der Waals surface area contributed by atoms with E-state index in [1.165, 1.54) is 19.1 Å². The normalized spacial score (nSPS) is 16.8. The number of rotatable bonds is 8. The van der Waals surface area contributed by atoms with Crippen molar-refractivity contribution in [2.24, 2.45) is 0 Å². The number of carbonyl (C=O) groups is 2. The molecular formula is C29H29NO6. The molecule has 7 heteroatoms. The highest BCUT2D eigenvalue weighted by atomic mass is 16.5. The Balaban J connectivity index is 1.83. The zero-order valence-electron chi connectivity index (χ0n) is 20.8. The van der Waals surface area contributed by atoms with Gasteiger partial charge >= 0.3 is 0 Å². The fourth-order valence-corrected chi connectivity index (χ4v) is 4.52. The number of para-hydroxylation sites is 1. The van der Waals surface area contributed by atoms with Gasteiger partial charge in [0, 0.05) is 12.1 Å². The number of aryl methyl sites for hydroxylation is 1. The van der Waals surface area contributed by atoms with Crippen molar-refractivity contribution in [1.82, 2.24) is 4.90 Å². The van der Waals surface area contributed by atoms with Crippen LogP contribution in [0, 0.1) is 6.92 Å². The van der Waals surface area contributed by atoms with Crippen LogP contribution >= 0.6 is 0 Å². The Bertz CT molecular complexity index is 1310. The molecule has 3 aromatic rings. The van der Waals surface area contributed by atoms with Crippen molar-refractivity contribution in [3.8, 4) is 17.2 Å². The number of ether oxygens (including phenoxy) is 3. The number of hydrogen-bond donors (Lipinski definition) is 1. The van der Waals surface area contributed by atoms with Crippen molar-refractivity contribution in [3.05, 3.63) is 94.6 Å². The Morgan fingerprint density at radius 3 is 2.25 bits per heavy atom. The number of aliphatic hydroxyl groups is 1. The van der Waals surface area contributed by atoms with Gasteiger partial charge in [-0.1, -0.05) is 42.0 Å². The molecule has 0 aliphatic carbocycles. The molecule has 1 atom stereocenters. The van der Waals surface area contributed by atoms with Crippen molar-refractivity contribution in [1.29, 1.82) is 0 Å². The number of likely N-dealkylation sites (tertiary alicyclic amines) is 1. The van der Waals surface area contributed by atoms with Gasteiger partial charge in [0.05, 0.1) is 38.5 Å². The maximum atomic E-state index is 13.4. The van der Waals surface area contributed by atoms with Crippen LogP contribution in [0.1, 0.15) is 28.3 Å². The summed E-state index contributed by atoms with van der Waals surface area (Å²) in [5.74, 6) is -0.0476. The Morgan fingerprint density at radius 1 is 0.889 bits per heavy atom. The minimum atomic E-state index is -0.829. The zero-order chi connectivity index (χ0) is 25.8. The summed E-state index contributed by atoms with van der Waals surface area (Å²) in [6, 6.07) is 19.2. The van der Waals surface area contributed by atoms with Crippen LogP contribution in [-0.2, 0) is 16.0 Å². The summed E-state index contributed by atoms with van der Waals surface area (Å²) in [5, 5.41) is 11.4. The molecule has 0 bridgehead atoms. The molecule has 3 aromatic carbocycles. The number of amides is 1. The first kappa shape index (κ1) is 24.9. The van der Waals surface area contributed by atoms with E-state index < -0.39 is 17.7 Å². The van der Waals surface area contributed by atoms with Crippen molar-refractivity contribution in [3.63, 3.8) is 0 Å². The van der Waals surface area contributed by atoms with Gasteiger partial charge in [-0.15, -0.1) is 0 Å². The second-order valence-electron chi connectivity index (χ2n) is 8.54. The number of methoxy groups -OCH3 is 3. The lowest BCUT2D eigenvalue weighted by Gasteiger charge is -2.26. The minimum Gasteiger partial charge on any atom is -0.507 e. The van der Waals surface area contributed by atoms with Gasteiger partial charge in [-0.25, -0.2) is 0 Å². The average Bonchev–Trinajstić information content (AvgIpc) is 3.16. The van der Waals surface area contributed by atoms with E-state index in [-0.39, 0.29) is 17.9 Å². The van der Waals surface area contributed by atoms with E-state index in [4.69, 9.17) is 14.2 Å². The third-order valence-electron chi connectivity index (χ3n) is 6.38. The average molecular weight is 488 g/mol. The van der Waals surface area contributed by atoms with E-state index in [0.717, 1.165) is 16.9 Å². The van der Waals surface area contributed by atoms with Crippen LogP contribution in [0.4, 0.5) is 0 Å². The van der Waals surface area contributed by atoms with E-state index >= 15 is 0 Å². The maximum Gasteiger partial charge on any atom is 0.295 e. The van der Waals surface area contributed by atoms with E-state index in [0.29, 0.717) is 29.0 Å². The summed E-state index contributed by atoms with van der Waals surface area (Å²) in [6.07, 6.45) is 0.510. The lowest BCUT2D eigenvalue weighted by molar-refractivity contribution is -0.139. The standard InChI is InChI=1S/C29H29NO6/c1-18-9-14-24(36-4)22(17-18)27(31)25-26(21-7-5-6-8-23(21)35-3)30(29(33)28(25)32)16-15-19-10-12-20(34-2)13-11-19/h5-14,17,26,31H,15-16H2,1-4H3/b27-25+. The van der Waals surface area contributed by atoms with Gasteiger partial charge in [0.15, 0.2) is 0 Å². The Labute approximate surface area is 210 Å². The maximum absolute atomic E-state index is 13.4. The molecule has 4 rings (SSSR count). The van der Waals surface area contributed by atoms with Crippen molar-refractivity contribution in [2.75, 3.05) is 27.9 Å². The molecule has 0 saturated carbocycles. The smallest absolute Gasteiger partial charge is 0.295 e. The molecular weight excluding hydrogens is 458 g/mol. The molecule has 0 spiro atoms. The summed E-state index contributed by atoms with van der Waals surface area (Å²) >= 11 is 0.